The second-order valence-corrected chi connectivity index (χ2v) is 3.85. The number of nitrogens with one attached hydrogen (secondary N) is 1. The van der Waals surface area contributed by atoms with Gasteiger partial charge in [-0.1, -0.05) is 0 Å². The normalized spacial score (nSPS) is 26.0. The maximum absolute atomic E-state index is 14.4. The number of nitrogens with zero attached hydrogens (tertiary/aromatic N) is 2. The average molecular weight is 195 g/mol. The molecular weight excluding hydrogens is 181 g/mol. The third kappa shape index (κ3) is 1.62. The molecule has 1 aliphatic heterocycles. The Morgan fingerprint density at radius 1 is 1.50 bits per heavy atom. The highest BCUT2D eigenvalue weighted by atomic mass is 19.1. The fraction of sp³-hybridized carbons (Fsp3) is 0.600. The third-order valence-electron chi connectivity index (χ3n) is 2.84. The lowest BCUT2D eigenvalue weighted by Crippen LogP contribution is -2.39. The maximum atomic E-state index is 14.4. The Morgan fingerprint density at radius 2 is 2.21 bits per heavy atom. The summed E-state index contributed by atoms with van der Waals surface area (Å²) in [4.78, 5) is 7.69. The van der Waals surface area contributed by atoms with E-state index >= 15 is 0 Å². The lowest BCUT2D eigenvalue weighted by Gasteiger charge is -2.27. The molecule has 0 bridgehead atoms. The van der Waals surface area contributed by atoms with E-state index in [0.717, 1.165) is 19.4 Å². The summed E-state index contributed by atoms with van der Waals surface area (Å²) in [5, 5.41) is 3.16. The zero-order chi connectivity index (χ0) is 10.0. The predicted octanol–water partition coefficient (Wildman–Crippen LogP) is 1.41. The first kappa shape index (κ1) is 9.52. The zero-order valence-electron chi connectivity index (χ0n) is 8.20. The second-order valence-electron chi connectivity index (χ2n) is 3.85. The summed E-state index contributed by atoms with van der Waals surface area (Å²) in [5.41, 5.74) is -0.808. The molecule has 2 heterocycles. The van der Waals surface area contributed by atoms with Crippen LogP contribution in [0.1, 0.15) is 25.3 Å². The van der Waals surface area contributed by atoms with Gasteiger partial charge in [0.1, 0.15) is 6.33 Å². The molecule has 2 atom stereocenters. The highest BCUT2D eigenvalue weighted by molar-refractivity contribution is 5.17. The van der Waals surface area contributed by atoms with Gasteiger partial charge in [-0.25, -0.2) is 14.4 Å². The van der Waals surface area contributed by atoms with Crippen LogP contribution >= 0.6 is 0 Å². The Hall–Kier alpha value is -1.03. The van der Waals surface area contributed by atoms with E-state index in [1.807, 2.05) is 0 Å². The van der Waals surface area contributed by atoms with E-state index in [1.165, 1.54) is 6.33 Å². The number of halogens is 1. The maximum Gasteiger partial charge on any atom is 0.151 e. The molecule has 14 heavy (non-hydrogen) atoms. The molecule has 2 rings (SSSR count). The Labute approximate surface area is 82.8 Å². The van der Waals surface area contributed by atoms with Crippen molar-refractivity contribution in [3.05, 3.63) is 24.3 Å². The summed E-state index contributed by atoms with van der Waals surface area (Å²) in [7, 11) is 0. The fourth-order valence-electron chi connectivity index (χ4n) is 1.90. The molecule has 4 heteroatoms. The lowest BCUT2D eigenvalue weighted by atomic mass is 9.91. The van der Waals surface area contributed by atoms with E-state index in [4.69, 9.17) is 0 Å². The molecule has 1 aromatic heterocycles. The van der Waals surface area contributed by atoms with Crippen LogP contribution in [-0.2, 0) is 5.67 Å². The van der Waals surface area contributed by atoms with Crippen molar-refractivity contribution < 1.29 is 4.39 Å². The fourth-order valence-corrected chi connectivity index (χ4v) is 1.90. The van der Waals surface area contributed by atoms with Crippen molar-refractivity contribution in [1.82, 2.24) is 15.3 Å². The van der Waals surface area contributed by atoms with Crippen molar-refractivity contribution in [1.29, 1.82) is 0 Å². The summed E-state index contributed by atoms with van der Waals surface area (Å²) < 4.78 is 14.4. The Kier molecular flexibility index (Phi) is 2.46. The molecule has 1 N–H and O–H groups in total. The van der Waals surface area contributed by atoms with Crippen LogP contribution in [0.5, 0.6) is 0 Å². The van der Waals surface area contributed by atoms with E-state index in [1.54, 1.807) is 19.3 Å². The van der Waals surface area contributed by atoms with Crippen molar-refractivity contribution in [2.24, 2.45) is 0 Å². The summed E-state index contributed by atoms with van der Waals surface area (Å²) in [6.45, 7) is 2.49. The van der Waals surface area contributed by atoms with Crippen molar-refractivity contribution in [3.63, 3.8) is 0 Å². The topological polar surface area (TPSA) is 37.8 Å². The van der Waals surface area contributed by atoms with Gasteiger partial charge in [-0.2, -0.15) is 0 Å². The standard InChI is InChI=1S/C10H14FN3/c1-10(11,9-3-2-4-14-9)8-5-12-7-13-6-8/h5-7,9,14H,2-4H2,1H3. The molecule has 0 spiro atoms. The second kappa shape index (κ2) is 3.61. The molecule has 0 saturated carbocycles. The predicted molar refractivity (Wildman–Crippen MR) is 51.5 cm³/mol. The van der Waals surface area contributed by atoms with Gasteiger partial charge in [0.25, 0.3) is 0 Å². The molecular formula is C10H14FN3. The minimum Gasteiger partial charge on any atom is -0.311 e. The number of rotatable bonds is 2. The molecule has 1 aliphatic rings. The van der Waals surface area contributed by atoms with Gasteiger partial charge in [0.2, 0.25) is 0 Å². The molecule has 1 aromatic rings. The molecule has 76 valence electrons. The molecule has 3 nitrogen and oxygen atoms in total. The van der Waals surface area contributed by atoms with Gasteiger partial charge in [0.05, 0.1) is 0 Å². The van der Waals surface area contributed by atoms with Gasteiger partial charge in [-0.3, -0.25) is 0 Å². The van der Waals surface area contributed by atoms with Crippen LogP contribution in [0.25, 0.3) is 0 Å². The van der Waals surface area contributed by atoms with E-state index in [0.29, 0.717) is 5.56 Å². The van der Waals surface area contributed by atoms with Gasteiger partial charge >= 0.3 is 0 Å². The summed E-state index contributed by atoms with van der Waals surface area (Å²) in [5.74, 6) is 0. The molecule has 0 amide bonds. The van der Waals surface area contributed by atoms with Crippen molar-refractivity contribution in [3.8, 4) is 0 Å². The lowest BCUT2D eigenvalue weighted by molar-refractivity contribution is 0.136. The summed E-state index contributed by atoms with van der Waals surface area (Å²) >= 11 is 0. The first-order chi connectivity index (χ1) is 6.71. The van der Waals surface area contributed by atoms with E-state index < -0.39 is 5.67 Å². The van der Waals surface area contributed by atoms with Crippen molar-refractivity contribution in [2.75, 3.05) is 6.54 Å². The van der Waals surface area contributed by atoms with E-state index in [-0.39, 0.29) is 6.04 Å². The highest BCUT2D eigenvalue weighted by Gasteiger charge is 2.38. The minimum absolute atomic E-state index is 0.103. The van der Waals surface area contributed by atoms with E-state index in [9.17, 15) is 4.39 Å². The van der Waals surface area contributed by atoms with Crippen LogP contribution in [0.4, 0.5) is 4.39 Å². The minimum atomic E-state index is -1.36. The summed E-state index contributed by atoms with van der Waals surface area (Å²) in [6.07, 6.45) is 6.43. The molecule has 1 saturated heterocycles. The van der Waals surface area contributed by atoms with Crippen LogP contribution in [0.3, 0.4) is 0 Å². The first-order valence-electron chi connectivity index (χ1n) is 4.89. The number of hydrogen-bond acceptors (Lipinski definition) is 3. The highest BCUT2D eigenvalue weighted by Crippen LogP contribution is 2.32. The smallest absolute Gasteiger partial charge is 0.151 e. The van der Waals surface area contributed by atoms with Crippen LogP contribution in [0.15, 0.2) is 18.7 Å². The van der Waals surface area contributed by atoms with Crippen molar-refractivity contribution >= 4 is 0 Å². The Morgan fingerprint density at radius 3 is 2.79 bits per heavy atom. The summed E-state index contributed by atoms with van der Waals surface area (Å²) in [6, 6.07) is -0.103. The monoisotopic (exact) mass is 195 g/mol. The largest absolute Gasteiger partial charge is 0.311 e. The first-order valence-corrected chi connectivity index (χ1v) is 4.89. The number of alkyl halides is 1. The third-order valence-corrected chi connectivity index (χ3v) is 2.84. The molecule has 0 aliphatic carbocycles. The van der Waals surface area contributed by atoms with E-state index in [2.05, 4.69) is 15.3 Å². The van der Waals surface area contributed by atoms with Crippen LogP contribution in [0, 0.1) is 0 Å². The van der Waals surface area contributed by atoms with Crippen LogP contribution in [0.2, 0.25) is 0 Å². The molecule has 2 unspecified atom stereocenters. The molecule has 0 aromatic carbocycles. The van der Waals surface area contributed by atoms with Crippen LogP contribution in [-0.4, -0.2) is 22.6 Å². The quantitative estimate of drug-likeness (QED) is 0.775. The Bertz CT molecular complexity index is 293. The van der Waals surface area contributed by atoms with Gasteiger partial charge in [-0.15, -0.1) is 0 Å². The average Bonchev–Trinajstić information content (AvgIpc) is 2.72. The molecule has 0 radical (unpaired) electrons. The number of aromatic nitrogens is 2. The Balaban J connectivity index is 2.22. The number of hydrogen-bond donors (Lipinski definition) is 1. The van der Waals surface area contributed by atoms with Crippen molar-refractivity contribution in [2.45, 2.75) is 31.5 Å². The van der Waals surface area contributed by atoms with Gasteiger partial charge < -0.3 is 5.32 Å². The van der Waals surface area contributed by atoms with Gasteiger partial charge in [0.15, 0.2) is 5.67 Å². The zero-order valence-corrected chi connectivity index (χ0v) is 8.20. The SMILES string of the molecule is CC(F)(c1cncnc1)C1CCCN1. The van der Waals surface area contributed by atoms with Gasteiger partial charge in [-0.05, 0) is 26.3 Å². The van der Waals surface area contributed by atoms with Gasteiger partial charge in [0, 0.05) is 24.0 Å². The van der Waals surface area contributed by atoms with Crippen LogP contribution < -0.4 is 5.32 Å². The molecule has 1 fully saturated rings.